The number of hydrogen-bond donors (Lipinski definition) is 2. The van der Waals surface area contributed by atoms with E-state index in [0.717, 1.165) is 16.9 Å². The van der Waals surface area contributed by atoms with Crippen molar-refractivity contribution in [2.75, 3.05) is 13.6 Å². The van der Waals surface area contributed by atoms with Crippen molar-refractivity contribution >= 4 is 63.4 Å². The van der Waals surface area contributed by atoms with Gasteiger partial charge in [-0.1, -0.05) is 29.3 Å². The Balaban J connectivity index is 1.74. The second kappa shape index (κ2) is 9.82. The minimum atomic E-state index is -0.429. The molecule has 2 aromatic heterocycles. The van der Waals surface area contributed by atoms with Crippen molar-refractivity contribution in [2.45, 2.75) is 13.8 Å². The van der Waals surface area contributed by atoms with Crippen LogP contribution in [0.3, 0.4) is 0 Å². The van der Waals surface area contributed by atoms with Crippen molar-refractivity contribution in [3.8, 4) is 16.2 Å². The Morgan fingerprint density at radius 2 is 1.87 bits per heavy atom. The molecule has 2 heterocycles. The highest BCUT2D eigenvalue weighted by molar-refractivity contribution is 7.16. The van der Waals surface area contributed by atoms with Gasteiger partial charge in [-0.2, -0.15) is 5.10 Å². The normalized spacial score (nSPS) is 11.5. The van der Waals surface area contributed by atoms with E-state index >= 15 is 0 Å². The number of nitrogens with zero attached hydrogens (tertiary/aromatic N) is 2. The molecule has 0 aliphatic heterocycles. The monoisotopic (exact) mass is 495 g/mol. The molecule has 0 fully saturated rings. The molecule has 0 radical (unpaired) electrons. The maximum absolute atomic E-state index is 12.4. The third-order valence-electron chi connectivity index (χ3n) is 4.52. The predicted octanol–water partition coefficient (Wildman–Crippen LogP) is 5.73. The fraction of sp³-hybridized carbons (Fsp3) is 0.190. The van der Waals surface area contributed by atoms with E-state index in [1.165, 1.54) is 11.3 Å². The standard InChI is InChI=1S/C21H19Cl2N3O3S2/c1-4-26(3)21(29)17-8-7-16(31-17)20(28)25-24-11(2)13-10-30-19(18(13)27)12-5-6-14(22)15(23)9-12/h5-10,27H,4H2,1-3H3,(H,25,28)/b24-11+. The summed E-state index contributed by atoms with van der Waals surface area (Å²) in [6.45, 7) is 4.14. The Labute approximate surface area is 197 Å². The van der Waals surface area contributed by atoms with Crippen LogP contribution in [-0.2, 0) is 0 Å². The van der Waals surface area contributed by atoms with Crippen LogP contribution < -0.4 is 5.43 Å². The molecule has 162 valence electrons. The van der Waals surface area contributed by atoms with Gasteiger partial charge in [-0.3, -0.25) is 9.59 Å². The molecule has 0 aliphatic rings. The van der Waals surface area contributed by atoms with Crippen LogP contribution in [0.4, 0.5) is 0 Å². The van der Waals surface area contributed by atoms with Crippen molar-refractivity contribution < 1.29 is 14.7 Å². The molecule has 10 heteroatoms. The number of rotatable bonds is 6. The Morgan fingerprint density at radius 1 is 1.16 bits per heavy atom. The van der Waals surface area contributed by atoms with E-state index in [1.807, 2.05) is 6.92 Å². The van der Waals surface area contributed by atoms with Gasteiger partial charge in [-0.05, 0) is 43.7 Å². The Hall–Kier alpha value is -2.39. The zero-order chi connectivity index (χ0) is 22.7. The molecule has 0 aliphatic carbocycles. The highest BCUT2D eigenvalue weighted by atomic mass is 35.5. The summed E-state index contributed by atoms with van der Waals surface area (Å²) in [6.07, 6.45) is 0. The van der Waals surface area contributed by atoms with E-state index < -0.39 is 5.91 Å². The number of nitrogens with one attached hydrogen (secondary N) is 1. The van der Waals surface area contributed by atoms with E-state index in [4.69, 9.17) is 23.2 Å². The van der Waals surface area contributed by atoms with Gasteiger partial charge in [-0.25, -0.2) is 5.43 Å². The Bertz CT molecular complexity index is 1170. The van der Waals surface area contributed by atoms with Crippen LogP contribution in [0.25, 0.3) is 10.4 Å². The molecule has 0 saturated carbocycles. The number of benzene rings is 1. The summed E-state index contributed by atoms with van der Waals surface area (Å²) in [5.41, 5.74) is 4.14. The first kappa shape index (κ1) is 23.3. The molecule has 0 atom stereocenters. The smallest absolute Gasteiger partial charge is 0.281 e. The Morgan fingerprint density at radius 3 is 2.55 bits per heavy atom. The summed E-state index contributed by atoms with van der Waals surface area (Å²) in [5.74, 6) is -0.517. The molecule has 2 N–H and O–H groups in total. The highest BCUT2D eigenvalue weighted by Gasteiger charge is 2.18. The molecule has 1 aromatic carbocycles. The average molecular weight is 496 g/mol. The van der Waals surface area contributed by atoms with Crippen LogP contribution in [0.1, 0.15) is 38.8 Å². The first-order valence-electron chi connectivity index (χ1n) is 9.19. The zero-order valence-corrected chi connectivity index (χ0v) is 20.0. The number of carbonyl (C=O) groups is 2. The van der Waals surface area contributed by atoms with Gasteiger partial charge in [0.15, 0.2) is 0 Å². The van der Waals surface area contributed by atoms with Crippen LogP contribution in [0.2, 0.25) is 10.0 Å². The maximum Gasteiger partial charge on any atom is 0.281 e. The molecular formula is C21H19Cl2N3O3S2. The van der Waals surface area contributed by atoms with Gasteiger partial charge in [0.05, 0.1) is 36.0 Å². The molecule has 0 saturated heterocycles. The SMILES string of the molecule is CCN(C)C(=O)c1ccc(C(=O)N/N=C(\C)c2csc(-c3ccc(Cl)c(Cl)c3)c2O)s1. The lowest BCUT2D eigenvalue weighted by atomic mass is 10.1. The number of hydrogen-bond acceptors (Lipinski definition) is 6. The van der Waals surface area contributed by atoms with E-state index in [1.54, 1.807) is 54.6 Å². The van der Waals surface area contributed by atoms with Gasteiger partial charge in [0, 0.05) is 19.0 Å². The second-order valence-electron chi connectivity index (χ2n) is 6.58. The van der Waals surface area contributed by atoms with E-state index in [0.29, 0.717) is 42.5 Å². The highest BCUT2D eigenvalue weighted by Crippen LogP contribution is 2.40. The molecule has 2 amide bonds. The molecule has 3 rings (SSSR count). The molecular weight excluding hydrogens is 477 g/mol. The molecule has 0 unspecified atom stereocenters. The summed E-state index contributed by atoms with van der Waals surface area (Å²) in [7, 11) is 1.70. The average Bonchev–Trinajstić information content (AvgIpc) is 3.40. The fourth-order valence-electron chi connectivity index (χ4n) is 2.61. The lowest BCUT2D eigenvalue weighted by Gasteiger charge is -2.12. The number of carbonyl (C=O) groups excluding carboxylic acids is 2. The first-order valence-corrected chi connectivity index (χ1v) is 11.6. The van der Waals surface area contributed by atoms with E-state index in [2.05, 4.69) is 10.5 Å². The second-order valence-corrected chi connectivity index (χ2v) is 9.36. The van der Waals surface area contributed by atoms with Crippen LogP contribution >= 0.6 is 45.9 Å². The summed E-state index contributed by atoms with van der Waals surface area (Å²) in [4.78, 5) is 27.7. The minimum absolute atomic E-state index is 0.0468. The van der Waals surface area contributed by atoms with Crippen molar-refractivity contribution in [1.82, 2.24) is 10.3 Å². The van der Waals surface area contributed by atoms with Gasteiger partial charge >= 0.3 is 0 Å². The van der Waals surface area contributed by atoms with Gasteiger partial charge in [0.1, 0.15) is 5.75 Å². The molecule has 0 spiro atoms. The lowest BCUT2D eigenvalue weighted by Crippen LogP contribution is -2.25. The van der Waals surface area contributed by atoms with E-state index in [-0.39, 0.29) is 11.7 Å². The van der Waals surface area contributed by atoms with Crippen molar-refractivity contribution in [3.05, 3.63) is 61.1 Å². The van der Waals surface area contributed by atoms with Crippen LogP contribution in [0, 0.1) is 0 Å². The number of thiophene rings is 2. The summed E-state index contributed by atoms with van der Waals surface area (Å²) in [5, 5.41) is 17.3. The quantitative estimate of drug-likeness (QED) is 0.338. The van der Waals surface area contributed by atoms with Crippen LogP contribution in [0.5, 0.6) is 5.75 Å². The zero-order valence-electron chi connectivity index (χ0n) is 16.9. The number of aromatic hydroxyl groups is 1. The van der Waals surface area contributed by atoms with Crippen LogP contribution in [0.15, 0.2) is 40.8 Å². The molecule has 3 aromatic rings. The van der Waals surface area contributed by atoms with E-state index in [9.17, 15) is 14.7 Å². The topological polar surface area (TPSA) is 82.0 Å². The Kier molecular flexibility index (Phi) is 7.38. The fourth-order valence-corrected chi connectivity index (χ4v) is 4.80. The molecule has 6 nitrogen and oxygen atoms in total. The lowest BCUT2D eigenvalue weighted by molar-refractivity contribution is 0.0807. The number of halogens is 2. The summed E-state index contributed by atoms with van der Waals surface area (Å²) < 4.78 is 0. The first-order chi connectivity index (χ1) is 14.7. The largest absolute Gasteiger partial charge is 0.506 e. The third-order valence-corrected chi connectivity index (χ3v) is 7.35. The number of amides is 2. The van der Waals surface area contributed by atoms with Crippen molar-refractivity contribution in [1.29, 1.82) is 0 Å². The number of hydrazone groups is 1. The maximum atomic E-state index is 12.4. The summed E-state index contributed by atoms with van der Waals surface area (Å²) >= 11 is 14.5. The minimum Gasteiger partial charge on any atom is -0.506 e. The van der Waals surface area contributed by atoms with Crippen molar-refractivity contribution in [2.24, 2.45) is 5.10 Å². The van der Waals surface area contributed by atoms with Gasteiger partial charge < -0.3 is 10.0 Å². The van der Waals surface area contributed by atoms with Gasteiger partial charge in [0.25, 0.3) is 11.8 Å². The van der Waals surface area contributed by atoms with Crippen LogP contribution in [-0.4, -0.2) is 41.1 Å². The predicted molar refractivity (Wildman–Crippen MR) is 128 cm³/mol. The van der Waals surface area contributed by atoms with Gasteiger partial charge in [-0.15, -0.1) is 22.7 Å². The van der Waals surface area contributed by atoms with Crippen molar-refractivity contribution in [3.63, 3.8) is 0 Å². The third kappa shape index (κ3) is 5.10. The summed E-state index contributed by atoms with van der Waals surface area (Å²) in [6, 6.07) is 8.32. The van der Waals surface area contributed by atoms with Gasteiger partial charge in [0.2, 0.25) is 0 Å². The molecule has 31 heavy (non-hydrogen) atoms. The molecule has 0 bridgehead atoms.